The fraction of sp³-hybridized carbons (Fsp3) is 0.294. The Bertz CT molecular complexity index is 497. The topological polar surface area (TPSA) is 0 Å². The van der Waals surface area contributed by atoms with Gasteiger partial charge in [-0.25, -0.2) is 0 Å². The highest BCUT2D eigenvalue weighted by atomic mass is 32.2. The zero-order valence-corrected chi connectivity index (χ0v) is 13.8. The van der Waals surface area contributed by atoms with Crippen LogP contribution in [0.2, 0.25) is 19.6 Å². The van der Waals surface area contributed by atoms with Crippen LogP contribution in [0, 0.1) is 0 Å². The molecule has 0 amide bonds. The zero-order chi connectivity index (χ0) is 13.7. The first-order valence-electron chi connectivity index (χ1n) is 6.77. The van der Waals surface area contributed by atoms with Gasteiger partial charge >= 0.3 is 0 Å². The van der Waals surface area contributed by atoms with E-state index in [2.05, 4.69) is 74.2 Å². The lowest BCUT2D eigenvalue weighted by molar-refractivity contribution is 1.37. The first-order chi connectivity index (χ1) is 9.05. The van der Waals surface area contributed by atoms with Crippen LogP contribution in [-0.2, 0) is 11.5 Å². The van der Waals surface area contributed by atoms with Crippen molar-refractivity contribution >= 4 is 25.0 Å². The second-order valence-electron chi connectivity index (χ2n) is 5.93. The maximum absolute atomic E-state index is 2.39. The fourth-order valence-electron chi connectivity index (χ4n) is 1.96. The maximum atomic E-state index is 2.39. The molecule has 2 rings (SSSR count). The summed E-state index contributed by atoms with van der Waals surface area (Å²) in [7, 11) is -1.15. The molecule has 100 valence electrons. The normalized spacial score (nSPS) is 11.5. The molecule has 0 heterocycles. The Hall–Kier alpha value is -0.993. The minimum atomic E-state index is -1.15. The molecule has 0 aromatic heterocycles. The minimum absolute atomic E-state index is 1.09. The molecule has 0 aliphatic heterocycles. The predicted molar refractivity (Wildman–Crippen MR) is 90.9 cm³/mol. The smallest absolute Gasteiger partial charge is 0.0775 e. The van der Waals surface area contributed by atoms with Crippen molar-refractivity contribution in [2.45, 2.75) is 31.1 Å². The summed E-state index contributed by atoms with van der Waals surface area (Å²) in [6, 6.07) is 19.9. The Kier molecular flexibility index (Phi) is 4.89. The molecule has 0 fully saturated rings. The summed E-state index contributed by atoms with van der Waals surface area (Å²) in [6.45, 7) is 7.18. The van der Waals surface area contributed by atoms with Crippen LogP contribution in [0.1, 0.15) is 11.1 Å². The third-order valence-electron chi connectivity index (χ3n) is 3.20. The van der Waals surface area contributed by atoms with Crippen molar-refractivity contribution < 1.29 is 0 Å². The number of benzene rings is 2. The molecule has 19 heavy (non-hydrogen) atoms. The molecule has 0 radical (unpaired) electrons. The lowest BCUT2D eigenvalue weighted by atomic mass is 10.2. The largest absolute Gasteiger partial charge is 0.152 e. The molecule has 2 heteroatoms. The van der Waals surface area contributed by atoms with Gasteiger partial charge in [-0.15, -0.1) is 0 Å². The van der Waals surface area contributed by atoms with Gasteiger partial charge in [-0.05, 0) is 11.1 Å². The van der Waals surface area contributed by atoms with Gasteiger partial charge in [0, 0.05) is 11.5 Å². The van der Waals surface area contributed by atoms with Crippen LogP contribution in [-0.4, -0.2) is 8.07 Å². The highest BCUT2D eigenvalue weighted by Crippen LogP contribution is 2.17. The van der Waals surface area contributed by atoms with Crippen LogP contribution in [0.3, 0.4) is 0 Å². The molecule has 0 nitrogen and oxygen atoms in total. The summed E-state index contributed by atoms with van der Waals surface area (Å²) in [4.78, 5) is 0. The number of hydrogen-bond donors (Lipinski definition) is 0. The Morgan fingerprint density at radius 1 is 0.737 bits per heavy atom. The van der Waals surface area contributed by atoms with Crippen LogP contribution in [0.15, 0.2) is 54.6 Å². The molecule has 0 N–H and O–H groups in total. The standard InChI is InChI=1S/C17H22SSi/c1-19(2,3)17-11-9-16(10-12-17)14-18-13-15-7-5-4-6-8-15/h4-12H,13-14H2,1-3H3. The van der Waals surface area contributed by atoms with Crippen molar-refractivity contribution in [1.82, 2.24) is 0 Å². The Labute approximate surface area is 122 Å². The second-order valence-corrected chi connectivity index (χ2v) is 12.0. The fourth-order valence-corrected chi connectivity index (χ4v) is 4.09. The third-order valence-corrected chi connectivity index (χ3v) is 6.34. The molecule has 0 atom stereocenters. The first kappa shape index (κ1) is 14.4. The third kappa shape index (κ3) is 4.55. The van der Waals surface area contributed by atoms with Gasteiger partial charge in [0.05, 0.1) is 8.07 Å². The van der Waals surface area contributed by atoms with E-state index in [9.17, 15) is 0 Å². The van der Waals surface area contributed by atoms with Crippen LogP contribution in [0.4, 0.5) is 0 Å². The molecule has 0 bridgehead atoms. The maximum Gasteiger partial charge on any atom is 0.0775 e. The average Bonchev–Trinajstić information content (AvgIpc) is 2.39. The summed E-state index contributed by atoms with van der Waals surface area (Å²) in [5.74, 6) is 2.19. The van der Waals surface area contributed by atoms with E-state index in [1.807, 2.05) is 11.8 Å². The Morgan fingerprint density at radius 3 is 1.79 bits per heavy atom. The predicted octanol–water partition coefficient (Wildman–Crippen LogP) is 4.67. The minimum Gasteiger partial charge on any atom is -0.152 e. The lowest BCUT2D eigenvalue weighted by Crippen LogP contribution is -2.37. The average molecular weight is 287 g/mol. The van der Waals surface area contributed by atoms with Crippen molar-refractivity contribution in [3.63, 3.8) is 0 Å². The molecule has 0 saturated heterocycles. The van der Waals surface area contributed by atoms with E-state index in [0.717, 1.165) is 11.5 Å². The highest BCUT2D eigenvalue weighted by molar-refractivity contribution is 7.97. The molecule has 0 unspecified atom stereocenters. The molecule has 0 aliphatic carbocycles. The van der Waals surface area contributed by atoms with E-state index >= 15 is 0 Å². The van der Waals surface area contributed by atoms with Gasteiger partial charge in [-0.2, -0.15) is 11.8 Å². The summed E-state index contributed by atoms with van der Waals surface area (Å²) < 4.78 is 0. The van der Waals surface area contributed by atoms with Crippen molar-refractivity contribution in [3.05, 3.63) is 65.7 Å². The molecular weight excluding hydrogens is 264 g/mol. The molecular formula is C17H22SSi. The van der Waals surface area contributed by atoms with Crippen LogP contribution >= 0.6 is 11.8 Å². The number of rotatable bonds is 5. The van der Waals surface area contributed by atoms with Crippen molar-refractivity contribution in [2.75, 3.05) is 0 Å². The molecule has 0 spiro atoms. The van der Waals surface area contributed by atoms with E-state index in [1.165, 1.54) is 11.1 Å². The summed E-state index contributed by atoms with van der Waals surface area (Å²) in [6.07, 6.45) is 0. The van der Waals surface area contributed by atoms with Crippen molar-refractivity contribution in [1.29, 1.82) is 0 Å². The quantitative estimate of drug-likeness (QED) is 0.720. The summed E-state index contributed by atoms with van der Waals surface area (Å²) in [5.41, 5.74) is 2.84. The zero-order valence-electron chi connectivity index (χ0n) is 12.0. The van der Waals surface area contributed by atoms with Gasteiger partial charge in [0.15, 0.2) is 0 Å². The summed E-state index contributed by atoms with van der Waals surface area (Å²) >= 11 is 1.98. The van der Waals surface area contributed by atoms with E-state index in [0.29, 0.717) is 0 Å². The SMILES string of the molecule is C[Si](C)(C)c1ccc(CSCc2ccccc2)cc1. The highest BCUT2D eigenvalue weighted by Gasteiger charge is 2.15. The van der Waals surface area contributed by atoms with E-state index in [1.54, 1.807) is 5.19 Å². The van der Waals surface area contributed by atoms with Gasteiger partial charge in [0.25, 0.3) is 0 Å². The van der Waals surface area contributed by atoms with Gasteiger partial charge in [-0.1, -0.05) is 79.4 Å². The monoisotopic (exact) mass is 286 g/mol. The van der Waals surface area contributed by atoms with Crippen molar-refractivity contribution in [2.24, 2.45) is 0 Å². The lowest BCUT2D eigenvalue weighted by Gasteiger charge is -2.16. The van der Waals surface area contributed by atoms with Crippen molar-refractivity contribution in [3.8, 4) is 0 Å². The van der Waals surface area contributed by atoms with E-state index < -0.39 is 8.07 Å². The molecule has 2 aromatic carbocycles. The molecule has 2 aromatic rings. The van der Waals surface area contributed by atoms with Gasteiger partial charge < -0.3 is 0 Å². The van der Waals surface area contributed by atoms with Gasteiger partial charge in [-0.3, -0.25) is 0 Å². The summed E-state index contributed by atoms with van der Waals surface area (Å²) in [5, 5.41) is 1.55. The molecule has 0 aliphatic rings. The van der Waals surface area contributed by atoms with E-state index in [-0.39, 0.29) is 0 Å². The second kappa shape index (κ2) is 6.44. The van der Waals surface area contributed by atoms with Gasteiger partial charge in [0.1, 0.15) is 0 Å². The Morgan fingerprint density at radius 2 is 1.26 bits per heavy atom. The first-order valence-corrected chi connectivity index (χ1v) is 11.4. The van der Waals surface area contributed by atoms with Crippen LogP contribution < -0.4 is 5.19 Å². The number of hydrogen-bond acceptors (Lipinski definition) is 1. The van der Waals surface area contributed by atoms with E-state index in [4.69, 9.17) is 0 Å². The Balaban J connectivity index is 1.87. The number of thioether (sulfide) groups is 1. The molecule has 0 saturated carbocycles. The van der Waals surface area contributed by atoms with Gasteiger partial charge in [0.2, 0.25) is 0 Å². The van der Waals surface area contributed by atoms with Crippen LogP contribution in [0.25, 0.3) is 0 Å². The van der Waals surface area contributed by atoms with Crippen LogP contribution in [0.5, 0.6) is 0 Å².